The van der Waals surface area contributed by atoms with E-state index in [1.807, 2.05) is 26.1 Å². The summed E-state index contributed by atoms with van der Waals surface area (Å²) >= 11 is 0. The topological polar surface area (TPSA) is 68.7 Å². The minimum Gasteiger partial charge on any atom is -0.478 e. The SMILES string of the molecule is Cc1ccc(N(CC(F)(F)F)c2ccc3c(c2)CN(C)[C@H]3CNc2cnccc2C(=O)O)cc1. The Bertz CT molecular complexity index is 1180. The number of rotatable bonds is 7. The molecule has 1 aromatic heterocycles. The molecule has 6 nitrogen and oxygen atoms in total. The van der Waals surface area contributed by atoms with Crippen LogP contribution in [0.4, 0.5) is 30.2 Å². The number of carboxylic acids is 1. The van der Waals surface area contributed by atoms with Gasteiger partial charge >= 0.3 is 12.1 Å². The fourth-order valence-corrected chi connectivity index (χ4v) is 4.27. The van der Waals surface area contributed by atoms with Crippen LogP contribution in [0.2, 0.25) is 0 Å². The first kappa shape index (κ1) is 23.6. The van der Waals surface area contributed by atoms with Crippen molar-refractivity contribution >= 4 is 23.0 Å². The Kier molecular flexibility index (Phi) is 6.47. The Hall–Kier alpha value is -3.59. The lowest BCUT2D eigenvalue weighted by atomic mass is 10.0. The maximum absolute atomic E-state index is 13.4. The number of benzene rings is 2. The number of aromatic carboxylic acids is 1. The third kappa shape index (κ3) is 5.14. The number of aryl methyl sites for hydroxylation is 1. The lowest BCUT2D eigenvalue weighted by Gasteiger charge is -2.27. The van der Waals surface area contributed by atoms with Crippen LogP contribution in [-0.4, -0.2) is 47.3 Å². The van der Waals surface area contributed by atoms with E-state index in [0.29, 0.717) is 30.2 Å². The van der Waals surface area contributed by atoms with Gasteiger partial charge in [-0.25, -0.2) is 4.79 Å². The number of carboxylic acid groups (broad SMARTS) is 1. The standard InChI is InChI=1S/C25H25F3N4O2/c1-16-3-5-18(6-4-16)32(15-25(26,27)28)19-7-8-20-17(11-19)14-31(2)23(20)13-30-22-12-29-10-9-21(22)24(33)34/h3-12,23,30H,13-15H2,1-2H3,(H,33,34)/t23-/m0/s1. The molecule has 0 amide bonds. The lowest BCUT2D eigenvalue weighted by molar-refractivity contribution is -0.118. The largest absolute Gasteiger partial charge is 0.478 e. The van der Waals surface area contributed by atoms with Gasteiger partial charge in [-0.3, -0.25) is 9.88 Å². The molecular formula is C25H25F3N4O2. The Morgan fingerprint density at radius 2 is 1.88 bits per heavy atom. The summed E-state index contributed by atoms with van der Waals surface area (Å²) < 4.78 is 40.2. The zero-order valence-corrected chi connectivity index (χ0v) is 18.8. The van der Waals surface area contributed by atoms with Gasteiger partial charge in [-0.1, -0.05) is 23.8 Å². The normalized spacial score (nSPS) is 15.7. The number of alkyl halides is 3. The molecule has 0 fully saturated rings. The molecule has 1 atom stereocenters. The molecule has 1 aliphatic heterocycles. The molecule has 0 saturated heterocycles. The van der Waals surface area contributed by atoms with Crippen molar-refractivity contribution in [3.8, 4) is 0 Å². The summed E-state index contributed by atoms with van der Waals surface area (Å²) in [7, 11) is 1.93. The van der Waals surface area contributed by atoms with Crippen molar-refractivity contribution in [3.63, 3.8) is 0 Å². The summed E-state index contributed by atoms with van der Waals surface area (Å²) in [5.41, 5.74) is 4.41. The van der Waals surface area contributed by atoms with Gasteiger partial charge in [0.05, 0.1) is 23.5 Å². The molecule has 2 N–H and O–H groups in total. The summed E-state index contributed by atoms with van der Waals surface area (Å²) in [5.74, 6) is -1.05. The van der Waals surface area contributed by atoms with E-state index in [2.05, 4.69) is 15.2 Å². The van der Waals surface area contributed by atoms with E-state index < -0.39 is 18.7 Å². The van der Waals surface area contributed by atoms with E-state index >= 15 is 0 Å². The molecule has 0 saturated carbocycles. The van der Waals surface area contributed by atoms with E-state index in [0.717, 1.165) is 16.7 Å². The second-order valence-electron chi connectivity index (χ2n) is 8.46. The number of nitrogens with zero attached hydrogens (tertiary/aromatic N) is 3. The molecule has 3 aromatic rings. The van der Waals surface area contributed by atoms with Crippen LogP contribution in [0, 0.1) is 6.92 Å². The van der Waals surface area contributed by atoms with Crippen LogP contribution < -0.4 is 10.2 Å². The van der Waals surface area contributed by atoms with Crippen molar-refractivity contribution in [1.82, 2.24) is 9.88 Å². The number of halogens is 3. The fourth-order valence-electron chi connectivity index (χ4n) is 4.27. The van der Waals surface area contributed by atoms with Crippen LogP contribution in [0.3, 0.4) is 0 Å². The van der Waals surface area contributed by atoms with Crippen LogP contribution in [-0.2, 0) is 6.54 Å². The second kappa shape index (κ2) is 9.34. The molecular weight excluding hydrogens is 445 g/mol. The maximum atomic E-state index is 13.4. The summed E-state index contributed by atoms with van der Waals surface area (Å²) in [6.45, 7) is 1.80. The molecule has 0 radical (unpaired) electrons. The van der Waals surface area contributed by atoms with Gasteiger partial charge in [0.1, 0.15) is 6.54 Å². The Labute approximate surface area is 195 Å². The van der Waals surface area contributed by atoms with Crippen LogP contribution in [0.1, 0.15) is 33.1 Å². The van der Waals surface area contributed by atoms with Crippen molar-refractivity contribution in [3.05, 3.63) is 83.2 Å². The molecule has 34 heavy (non-hydrogen) atoms. The van der Waals surface area contributed by atoms with Crippen LogP contribution in [0.15, 0.2) is 60.9 Å². The summed E-state index contributed by atoms with van der Waals surface area (Å²) in [6.07, 6.45) is -1.47. The first-order chi connectivity index (χ1) is 16.1. The number of carbonyl (C=O) groups is 1. The molecule has 1 aliphatic rings. The lowest BCUT2D eigenvalue weighted by Crippen LogP contribution is -2.30. The van der Waals surface area contributed by atoms with Crippen LogP contribution in [0.5, 0.6) is 0 Å². The predicted octanol–water partition coefficient (Wildman–Crippen LogP) is 5.39. The Morgan fingerprint density at radius 3 is 2.56 bits per heavy atom. The summed E-state index contributed by atoms with van der Waals surface area (Å²) in [5, 5.41) is 12.5. The maximum Gasteiger partial charge on any atom is 0.406 e. The van der Waals surface area contributed by atoms with E-state index in [4.69, 9.17) is 0 Å². The third-order valence-electron chi connectivity index (χ3n) is 5.97. The Morgan fingerprint density at radius 1 is 1.18 bits per heavy atom. The predicted molar refractivity (Wildman–Crippen MR) is 125 cm³/mol. The molecule has 2 heterocycles. The van der Waals surface area contributed by atoms with E-state index in [9.17, 15) is 23.1 Å². The number of fused-ring (bicyclic) bond motifs is 1. The highest BCUT2D eigenvalue weighted by molar-refractivity contribution is 5.93. The van der Waals surface area contributed by atoms with E-state index in [1.54, 1.807) is 30.3 Å². The Balaban J connectivity index is 1.59. The highest BCUT2D eigenvalue weighted by Crippen LogP contribution is 2.38. The summed E-state index contributed by atoms with van der Waals surface area (Å²) in [6, 6.07) is 13.7. The summed E-state index contributed by atoms with van der Waals surface area (Å²) in [4.78, 5) is 18.8. The van der Waals surface area contributed by atoms with Crippen molar-refractivity contribution in [1.29, 1.82) is 0 Å². The average molecular weight is 470 g/mol. The highest BCUT2D eigenvalue weighted by atomic mass is 19.4. The number of anilines is 3. The van der Waals surface area contributed by atoms with Gasteiger partial charge < -0.3 is 15.3 Å². The monoisotopic (exact) mass is 470 g/mol. The quantitative estimate of drug-likeness (QED) is 0.483. The number of aromatic nitrogens is 1. The first-order valence-corrected chi connectivity index (χ1v) is 10.8. The van der Waals surface area contributed by atoms with Crippen molar-refractivity contribution in [2.24, 2.45) is 0 Å². The molecule has 2 aromatic carbocycles. The number of hydrogen-bond donors (Lipinski definition) is 2. The number of nitrogens with one attached hydrogen (secondary N) is 1. The van der Waals surface area contributed by atoms with Gasteiger partial charge in [-0.05, 0) is 55.4 Å². The highest BCUT2D eigenvalue weighted by Gasteiger charge is 2.33. The molecule has 0 spiro atoms. The van der Waals surface area contributed by atoms with E-state index in [1.165, 1.54) is 23.4 Å². The van der Waals surface area contributed by atoms with Crippen molar-refractivity contribution in [2.45, 2.75) is 25.7 Å². The van der Waals surface area contributed by atoms with Crippen molar-refractivity contribution in [2.75, 3.05) is 30.4 Å². The first-order valence-electron chi connectivity index (χ1n) is 10.8. The zero-order chi connectivity index (χ0) is 24.5. The van der Waals surface area contributed by atoms with Crippen molar-refractivity contribution < 1.29 is 23.1 Å². The van der Waals surface area contributed by atoms with Crippen LogP contribution >= 0.6 is 0 Å². The van der Waals surface area contributed by atoms with Gasteiger partial charge in [0, 0.05) is 30.7 Å². The minimum absolute atomic E-state index is 0.0682. The number of pyridine rings is 1. The number of hydrogen-bond acceptors (Lipinski definition) is 5. The van der Waals surface area contributed by atoms with Gasteiger partial charge in [-0.2, -0.15) is 13.2 Å². The average Bonchev–Trinajstić information content (AvgIpc) is 3.10. The van der Waals surface area contributed by atoms with E-state index in [-0.39, 0.29) is 11.6 Å². The third-order valence-corrected chi connectivity index (χ3v) is 5.97. The molecule has 0 unspecified atom stereocenters. The van der Waals surface area contributed by atoms with Gasteiger partial charge in [0.25, 0.3) is 0 Å². The second-order valence-corrected chi connectivity index (χ2v) is 8.46. The van der Waals surface area contributed by atoms with Gasteiger partial charge in [0.15, 0.2) is 0 Å². The van der Waals surface area contributed by atoms with Gasteiger partial charge in [-0.15, -0.1) is 0 Å². The van der Waals surface area contributed by atoms with Gasteiger partial charge in [0.2, 0.25) is 0 Å². The number of likely N-dealkylation sites (N-methyl/N-ethyl adjacent to an activating group) is 1. The van der Waals surface area contributed by atoms with Crippen LogP contribution in [0.25, 0.3) is 0 Å². The molecule has 9 heteroatoms. The smallest absolute Gasteiger partial charge is 0.406 e. The molecule has 0 bridgehead atoms. The zero-order valence-electron chi connectivity index (χ0n) is 18.8. The minimum atomic E-state index is -4.36. The molecule has 4 rings (SSSR count). The fraction of sp³-hybridized carbons (Fsp3) is 0.280. The molecule has 0 aliphatic carbocycles. The molecule has 178 valence electrons.